The van der Waals surface area contributed by atoms with Gasteiger partial charge < -0.3 is 5.73 Å². The lowest BCUT2D eigenvalue weighted by atomic mass is 10.2. The van der Waals surface area contributed by atoms with Crippen LogP contribution in [0.3, 0.4) is 0 Å². The van der Waals surface area contributed by atoms with Gasteiger partial charge in [0.05, 0.1) is 0 Å². The molecule has 90 valence electrons. The summed E-state index contributed by atoms with van der Waals surface area (Å²) in [7, 11) is 0. The molecule has 0 saturated heterocycles. The van der Waals surface area contributed by atoms with Crippen LogP contribution in [0.1, 0.15) is 0 Å². The molecule has 0 aliphatic rings. The lowest BCUT2D eigenvalue weighted by Crippen LogP contribution is -2.10. The van der Waals surface area contributed by atoms with E-state index in [0.29, 0.717) is 0 Å². The lowest BCUT2D eigenvalue weighted by molar-refractivity contribution is 0.121. The highest BCUT2D eigenvalue weighted by Crippen LogP contribution is 2.20. The molecule has 17 heavy (non-hydrogen) atoms. The Balaban J connectivity index is 2.42. The number of nitrogens with zero attached hydrogens (tertiary/aromatic N) is 4. The zero-order valence-corrected chi connectivity index (χ0v) is 8.52. The predicted octanol–water partition coefficient (Wildman–Crippen LogP) is 1.33. The molecule has 0 amide bonds. The first-order chi connectivity index (χ1) is 8.06. The Morgan fingerprint density at radius 3 is 2.71 bits per heavy atom. The van der Waals surface area contributed by atoms with Crippen molar-refractivity contribution in [2.75, 3.05) is 5.73 Å². The van der Waals surface area contributed by atoms with E-state index in [4.69, 9.17) is 5.73 Å². The van der Waals surface area contributed by atoms with E-state index in [-0.39, 0.29) is 17.1 Å². The molecule has 0 bridgehead atoms. The fraction of sp³-hybridized carbons (Fsp3) is 0.222. The number of anilines is 1. The lowest BCUT2D eigenvalue weighted by Gasteiger charge is -2.04. The van der Waals surface area contributed by atoms with Gasteiger partial charge in [0.15, 0.2) is 5.82 Å². The van der Waals surface area contributed by atoms with E-state index in [2.05, 4.69) is 15.5 Å². The summed E-state index contributed by atoms with van der Waals surface area (Å²) in [6.07, 6.45) is -2.59. The Morgan fingerprint density at radius 2 is 2.06 bits per heavy atom. The molecule has 0 saturated carbocycles. The van der Waals surface area contributed by atoms with Crippen LogP contribution < -0.4 is 5.73 Å². The number of nitrogen functional groups attached to an aromatic ring is 1. The maximum atomic E-state index is 13.1. The summed E-state index contributed by atoms with van der Waals surface area (Å²) in [4.78, 5) is 0. The Bertz CT molecular complexity index is 505. The van der Waals surface area contributed by atoms with Gasteiger partial charge in [0.2, 0.25) is 0 Å². The molecule has 0 fully saturated rings. The standard InChI is InChI=1S/C9H8F3N5/c10-6-1-5(2-7(13)3-6)9-14-15-16-17(9)4-8(11)12/h1-3,8H,4,13H2. The molecule has 8 heteroatoms. The molecule has 2 rings (SSSR count). The molecule has 1 heterocycles. The SMILES string of the molecule is Nc1cc(F)cc(-c2nnnn2CC(F)F)c1. The van der Waals surface area contributed by atoms with Gasteiger partial charge >= 0.3 is 0 Å². The minimum absolute atomic E-state index is 0.0523. The van der Waals surface area contributed by atoms with Crippen LogP contribution in [0.25, 0.3) is 11.4 Å². The highest BCUT2D eigenvalue weighted by molar-refractivity contribution is 5.61. The molecule has 2 aromatic rings. The summed E-state index contributed by atoms with van der Waals surface area (Å²) in [5, 5.41) is 10.2. The number of alkyl halides is 2. The van der Waals surface area contributed by atoms with Crippen molar-refractivity contribution in [1.82, 2.24) is 20.2 Å². The van der Waals surface area contributed by atoms with Crippen LogP contribution in [0.2, 0.25) is 0 Å². The number of hydrogen-bond acceptors (Lipinski definition) is 4. The van der Waals surface area contributed by atoms with Gasteiger partial charge in [-0.25, -0.2) is 17.9 Å². The first kappa shape index (κ1) is 11.4. The molecular formula is C9H8F3N5. The van der Waals surface area contributed by atoms with Gasteiger partial charge in [-0.2, -0.15) is 0 Å². The van der Waals surface area contributed by atoms with Crippen molar-refractivity contribution >= 4 is 5.69 Å². The largest absolute Gasteiger partial charge is 0.399 e. The van der Waals surface area contributed by atoms with Crippen LogP contribution in [0, 0.1) is 5.82 Å². The summed E-state index contributed by atoms with van der Waals surface area (Å²) in [5.74, 6) is -0.525. The number of nitrogens with two attached hydrogens (primary N) is 1. The number of rotatable bonds is 3. The minimum atomic E-state index is -2.59. The van der Waals surface area contributed by atoms with Gasteiger partial charge in [0, 0.05) is 11.3 Å². The Labute approximate surface area is 94.0 Å². The first-order valence-corrected chi connectivity index (χ1v) is 4.67. The van der Waals surface area contributed by atoms with Crippen molar-refractivity contribution in [2.24, 2.45) is 0 Å². The summed E-state index contributed by atoms with van der Waals surface area (Å²) >= 11 is 0. The number of benzene rings is 1. The summed E-state index contributed by atoms with van der Waals surface area (Å²) in [6.45, 7) is -0.654. The van der Waals surface area contributed by atoms with Crippen LogP contribution in [-0.4, -0.2) is 26.6 Å². The molecule has 0 atom stereocenters. The number of aromatic nitrogens is 4. The summed E-state index contributed by atoms with van der Waals surface area (Å²) < 4.78 is 38.5. The van der Waals surface area contributed by atoms with Crippen LogP contribution in [0.4, 0.5) is 18.9 Å². The predicted molar refractivity (Wildman–Crippen MR) is 53.6 cm³/mol. The van der Waals surface area contributed by atoms with Gasteiger partial charge in [-0.3, -0.25) is 0 Å². The fourth-order valence-electron chi connectivity index (χ4n) is 1.41. The molecular weight excluding hydrogens is 235 g/mol. The molecule has 0 aliphatic carbocycles. The van der Waals surface area contributed by atoms with Crippen molar-refractivity contribution in [3.8, 4) is 11.4 Å². The normalized spacial score (nSPS) is 11.1. The Morgan fingerprint density at radius 1 is 1.29 bits per heavy atom. The van der Waals surface area contributed by atoms with E-state index in [9.17, 15) is 13.2 Å². The van der Waals surface area contributed by atoms with Gasteiger partial charge in [-0.05, 0) is 28.6 Å². The van der Waals surface area contributed by atoms with Crippen molar-refractivity contribution in [2.45, 2.75) is 13.0 Å². The van der Waals surface area contributed by atoms with E-state index < -0.39 is 18.8 Å². The molecule has 0 spiro atoms. The third-order valence-corrected chi connectivity index (χ3v) is 2.02. The van der Waals surface area contributed by atoms with Crippen molar-refractivity contribution in [1.29, 1.82) is 0 Å². The van der Waals surface area contributed by atoms with E-state index in [1.54, 1.807) is 0 Å². The van der Waals surface area contributed by atoms with E-state index in [1.165, 1.54) is 6.07 Å². The molecule has 0 radical (unpaired) electrons. The molecule has 5 nitrogen and oxygen atoms in total. The Kier molecular flexibility index (Phi) is 2.94. The summed E-state index contributed by atoms with van der Waals surface area (Å²) in [5.41, 5.74) is 5.88. The van der Waals surface area contributed by atoms with Crippen molar-refractivity contribution in [3.63, 3.8) is 0 Å². The number of tetrazole rings is 1. The van der Waals surface area contributed by atoms with Gasteiger partial charge in [-0.1, -0.05) is 0 Å². The molecule has 0 unspecified atom stereocenters. The van der Waals surface area contributed by atoms with E-state index in [1.807, 2.05) is 0 Å². The molecule has 1 aromatic heterocycles. The average Bonchev–Trinajstić information content (AvgIpc) is 2.63. The molecule has 1 aromatic carbocycles. The fourth-order valence-corrected chi connectivity index (χ4v) is 1.41. The maximum Gasteiger partial charge on any atom is 0.258 e. The highest BCUT2D eigenvalue weighted by Gasteiger charge is 2.14. The van der Waals surface area contributed by atoms with E-state index in [0.717, 1.165) is 16.8 Å². The quantitative estimate of drug-likeness (QED) is 0.825. The van der Waals surface area contributed by atoms with Crippen LogP contribution in [0.15, 0.2) is 18.2 Å². The van der Waals surface area contributed by atoms with E-state index >= 15 is 0 Å². The van der Waals surface area contributed by atoms with Crippen LogP contribution in [0.5, 0.6) is 0 Å². The zero-order valence-electron chi connectivity index (χ0n) is 8.52. The second-order valence-corrected chi connectivity index (χ2v) is 3.35. The van der Waals surface area contributed by atoms with Gasteiger partial charge in [-0.15, -0.1) is 5.10 Å². The second-order valence-electron chi connectivity index (χ2n) is 3.35. The summed E-state index contributed by atoms with van der Waals surface area (Å²) in [6, 6.07) is 3.66. The zero-order chi connectivity index (χ0) is 12.4. The molecule has 0 aliphatic heterocycles. The third kappa shape index (κ3) is 2.52. The monoisotopic (exact) mass is 243 g/mol. The van der Waals surface area contributed by atoms with Gasteiger partial charge in [0.1, 0.15) is 12.4 Å². The van der Waals surface area contributed by atoms with Gasteiger partial charge in [0.25, 0.3) is 6.43 Å². The third-order valence-electron chi connectivity index (χ3n) is 2.02. The van der Waals surface area contributed by atoms with Crippen LogP contribution >= 0.6 is 0 Å². The minimum Gasteiger partial charge on any atom is -0.399 e. The van der Waals surface area contributed by atoms with Crippen molar-refractivity contribution < 1.29 is 13.2 Å². The van der Waals surface area contributed by atoms with Crippen molar-refractivity contribution in [3.05, 3.63) is 24.0 Å². The maximum absolute atomic E-state index is 13.1. The first-order valence-electron chi connectivity index (χ1n) is 4.67. The molecule has 2 N–H and O–H groups in total. The smallest absolute Gasteiger partial charge is 0.258 e. The number of hydrogen-bond donors (Lipinski definition) is 1. The topological polar surface area (TPSA) is 69.6 Å². The number of halogens is 3. The van der Waals surface area contributed by atoms with Crippen LogP contribution in [-0.2, 0) is 6.54 Å². The average molecular weight is 243 g/mol. The highest BCUT2D eigenvalue weighted by atomic mass is 19.3. The Hall–Kier alpha value is -2.12. The second kappa shape index (κ2) is 4.40.